The molecule has 0 unspecified atom stereocenters. The molecular weight excluding hydrogens is 218 g/mol. The fourth-order valence-electron chi connectivity index (χ4n) is 2.00. The van der Waals surface area contributed by atoms with Crippen molar-refractivity contribution >= 4 is 5.78 Å². The van der Waals surface area contributed by atoms with Crippen LogP contribution in [-0.4, -0.2) is 10.9 Å². The minimum atomic E-state index is 0.0350. The van der Waals surface area contributed by atoms with E-state index in [0.29, 0.717) is 35.8 Å². The third-order valence-corrected chi connectivity index (χ3v) is 2.96. The number of carbonyl (C=O) groups is 1. The summed E-state index contributed by atoms with van der Waals surface area (Å²) >= 11 is 0. The lowest BCUT2D eigenvalue weighted by Crippen LogP contribution is -2.13. The van der Waals surface area contributed by atoms with Crippen molar-refractivity contribution in [3.63, 3.8) is 0 Å². The summed E-state index contributed by atoms with van der Waals surface area (Å²) in [6.45, 7) is 2.16. The van der Waals surface area contributed by atoms with Crippen LogP contribution in [0.25, 0.3) is 0 Å². The maximum absolute atomic E-state index is 12.1. The predicted octanol–water partition coefficient (Wildman–Crippen LogP) is 2.30. The first kappa shape index (κ1) is 10.1. The van der Waals surface area contributed by atoms with Crippen LogP contribution in [-0.2, 0) is 13.0 Å². The number of benzene rings is 1. The van der Waals surface area contributed by atoms with Gasteiger partial charge in [0, 0.05) is 12.0 Å². The molecule has 4 heteroatoms. The SMILES string of the molecule is Cc1onc2c1CC(=O)c1ccccc1OC2. The van der Waals surface area contributed by atoms with Crippen LogP contribution in [0.5, 0.6) is 5.75 Å². The molecule has 1 aromatic heterocycles. The average molecular weight is 229 g/mol. The van der Waals surface area contributed by atoms with E-state index in [4.69, 9.17) is 9.26 Å². The van der Waals surface area contributed by atoms with Gasteiger partial charge in [-0.15, -0.1) is 0 Å². The number of para-hydroxylation sites is 1. The Balaban J connectivity index is 2.08. The smallest absolute Gasteiger partial charge is 0.171 e. The van der Waals surface area contributed by atoms with Gasteiger partial charge in [0.05, 0.1) is 5.56 Å². The van der Waals surface area contributed by atoms with E-state index in [1.54, 1.807) is 12.1 Å². The molecule has 0 fully saturated rings. The molecule has 1 aliphatic rings. The highest BCUT2D eigenvalue weighted by atomic mass is 16.5. The van der Waals surface area contributed by atoms with Gasteiger partial charge in [-0.1, -0.05) is 17.3 Å². The summed E-state index contributed by atoms with van der Waals surface area (Å²) in [7, 11) is 0. The first-order valence-electron chi connectivity index (χ1n) is 5.45. The number of fused-ring (bicyclic) bond motifs is 2. The number of hydrogen-bond donors (Lipinski definition) is 0. The van der Waals surface area contributed by atoms with E-state index >= 15 is 0 Å². The predicted molar refractivity (Wildman–Crippen MR) is 60.0 cm³/mol. The highest BCUT2D eigenvalue weighted by Gasteiger charge is 2.22. The molecule has 2 aromatic rings. The maximum Gasteiger partial charge on any atom is 0.171 e. The summed E-state index contributed by atoms with van der Waals surface area (Å²) in [5.74, 6) is 1.34. The number of carbonyl (C=O) groups excluding carboxylic acids is 1. The van der Waals surface area contributed by atoms with Crippen molar-refractivity contribution < 1.29 is 14.1 Å². The van der Waals surface area contributed by atoms with E-state index in [9.17, 15) is 4.79 Å². The topological polar surface area (TPSA) is 52.3 Å². The molecule has 17 heavy (non-hydrogen) atoms. The normalized spacial score (nSPS) is 14.3. The zero-order valence-corrected chi connectivity index (χ0v) is 9.40. The molecule has 86 valence electrons. The number of aromatic nitrogens is 1. The number of ketones is 1. The summed E-state index contributed by atoms with van der Waals surface area (Å²) in [5, 5.41) is 3.91. The van der Waals surface area contributed by atoms with Crippen LogP contribution in [0.1, 0.15) is 27.4 Å². The number of Topliss-reactive ketones (excluding diaryl/α,β-unsaturated/α-hetero) is 1. The average Bonchev–Trinajstić information content (AvgIpc) is 2.66. The standard InChI is InChI=1S/C13H11NO3/c1-8-10-6-12(15)9-4-2-3-5-13(9)16-7-11(10)14-17-8/h2-5H,6-7H2,1H3. The Bertz CT molecular complexity index is 586. The van der Waals surface area contributed by atoms with Crippen LogP contribution in [0.15, 0.2) is 28.8 Å². The minimum Gasteiger partial charge on any atom is -0.486 e. The third-order valence-electron chi connectivity index (χ3n) is 2.96. The summed E-state index contributed by atoms with van der Waals surface area (Å²) in [6.07, 6.45) is 0.324. The fourth-order valence-corrected chi connectivity index (χ4v) is 2.00. The van der Waals surface area contributed by atoms with Crippen LogP contribution in [0.2, 0.25) is 0 Å². The largest absolute Gasteiger partial charge is 0.486 e. The quantitative estimate of drug-likeness (QED) is 0.695. The molecule has 0 N–H and O–H groups in total. The van der Waals surface area contributed by atoms with Crippen LogP contribution in [0.3, 0.4) is 0 Å². The van der Waals surface area contributed by atoms with Crippen LogP contribution < -0.4 is 4.74 Å². The molecule has 1 aromatic carbocycles. The van der Waals surface area contributed by atoms with Crippen molar-refractivity contribution in [3.05, 3.63) is 46.8 Å². The number of ether oxygens (including phenoxy) is 1. The number of rotatable bonds is 0. The van der Waals surface area contributed by atoms with E-state index in [-0.39, 0.29) is 5.78 Å². The molecule has 0 bridgehead atoms. The number of aryl methyl sites for hydroxylation is 1. The van der Waals surface area contributed by atoms with Gasteiger partial charge in [-0.2, -0.15) is 0 Å². The summed E-state index contributed by atoms with van der Waals surface area (Å²) in [6, 6.07) is 7.27. The van der Waals surface area contributed by atoms with E-state index in [0.717, 1.165) is 5.56 Å². The van der Waals surface area contributed by atoms with Crippen molar-refractivity contribution in [3.8, 4) is 5.75 Å². The molecule has 1 aliphatic heterocycles. The molecule has 0 amide bonds. The highest BCUT2D eigenvalue weighted by molar-refractivity contribution is 6.00. The Labute approximate surface area is 98.2 Å². The van der Waals surface area contributed by atoms with Gasteiger partial charge in [-0.3, -0.25) is 4.79 Å². The van der Waals surface area contributed by atoms with Crippen LogP contribution >= 0.6 is 0 Å². The van der Waals surface area contributed by atoms with Crippen molar-refractivity contribution in [1.29, 1.82) is 0 Å². The maximum atomic E-state index is 12.1. The van der Waals surface area contributed by atoms with E-state index in [1.807, 2.05) is 19.1 Å². The second-order valence-electron chi connectivity index (χ2n) is 4.05. The van der Waals surface area contributed by atoms with Gasteiger partial charge in [-0.05, 0) is 19.1 Å². The zero-order valence-electron chi connectivity index (χ0n) is 9.40. The lowest BCUT2D eigenvalue weighted by atomic mass is 10.00. The summed E-state index contributed by atoms with van der Waals surface area (Å²) in [5.41, 5.74) is 2.19. The number of nitrogens with zero attached hydrogens (tertiary/aromatic N) is 1. The lowest BCUT2D eigenvalue weighted by molar-refractivity contribution is 0.0984. The van der Waals surface area contributed by atoms with E-state index in [2.05, 4.69) is 5.16 Å². The van der Waals surface area contributed by atoms with Gasteiger partial charge < -0.3 is 9.26 Å². The Kier molecular flexibility index (Phi) is 2.21. The third kappa shape index (κ3) is 1.62. The lowest BCUT2D eigenvalue weighted by Gasteiger charge is -2.13. The number of hydrogen-bond acceptors (Lipinski definition) is 4. The Hall–Kier alpha value is -2.10. The van der Waals surface area contributed by atoms with Gasteiger partial charge in [0.15, 0.2) is 5.78 Å². The monoisotopic (exact) mass is 229 g/mol. The summed E-state index contributed by atoms with van der Waals surface area (Å²) < 4.78 is 10.7. The van der Waals surface area contributed by atoms with E-state index in [1.165, 1.54) is 0 Å². The summed E-state index contributed by atoms with van der Waals surface area (Å²) in [4.78, 5) is 12.1. The van der Waals surface area contributed by atoms with Crippen LogP contribution in [0, 0.1) is 6.92 Å². The van der Waals surface area contributed by atoms with Gasteiger partial charge in [0.1, 0.15) is 23.8 Å². The zero-order chi connectivity index (χ0) is 11.8. The van der Waals surface area contributed by atoms with Crippen LogP contribution in [0.4, 0.5) is 0 Å². The molecule has 4 nitrogen and oxygen atoms in total. The first-order valence-corrected chi connectivity index (χ1v) is 5.45. The van der Waals surface area contributed by atoms with Gasteiger partial charge in [-0.25, -0.2) is 0 Å². The Morgan fingerprint density at radius 1 is 1.29 bits per heavy atom. The second kappa shape index (κ2) is 3.73. The first-order chi connectivity index (χ1) is 8.25. The molecule has 3 rings (SSSR count). The van der Waals surface area contributed by atoms with Crippen molar-refractivity contribution in [1.82, 2.24) is 5.16 Å². The highest BCUT2D eigenvalue weighted by Crippen LogP contribution is 2.26. The minimum absolute atomic E-state index is 0.0350. The fraction of sp³-hybridized carbons (Fsp3) is 0.231. The van der Waals surface area contributed by atoms with Gasteiger partial charge in [0.25, 0.3) is 0 Å². The molecule has 0 saturated carbocycles. The van der Waals surface area contributed by atoms with Crippen molar-refractivity contribution in [2.75, 3.05) is 0 Å². The molecule has 0 saturated heterocycles. The van der Waals surface area contributed by atoms with Crippen molar-refractivity contribution in [2.45, 2.75) is 20.0 Å². The molecular formula is C13H11NO3. The molecule has 0 spiro atoms. The Morgan fingerprint density at radius 2 is 2.12 bits per heavy atom. The van der Waals surface area contributed by atoms with Crippen molar-refractivity contribution in [2.24, 2.45) is 0 Å². The second-order valence-corrected chi connectivity index (χ2v) is 4.05. The van der Waals surface area contributed by atoms with Gasteiger partial charge >= 0.3 is 0 Å². The molecule has 0 atom stereocenters. The molecule has 0 aliphatic carbocycles. The Morgan fingerprint density at radius 3 is 3.00 bits per heavy atom. The molecule has 2 heterocycles. The van der Waals surface area contributed by atoms with E-state index < -0.39 is 0 Å². The van der Waals surface area contributed by atoms with Gasteiger partial charge in [0.2, 0.25) is 0 Å². The molecule has 0 radical (unpaired) electrons.